The highest BCUT2D eigenvalue weighted by molar-refractivity contribution is 4.93. The van der Waals surface area contributed by atoms with E-state index in [0.717, 1.165) is 26.1 Å². The lowest BCUT2D eigenvalue weighted by Crippen LogP contribution is -2.23. The summed E-state index contributed by atoms with van der Waals surface area (Å²) in [5, 5.41) is 8.83. The number of nitriles is 1. The number of rotatable bonds is 2. The third-order valence-corrected chi connectivity index (χ3v) is 2.36. The highest BCUT2D eigenvalue weighted by Gasteiger charge is 2.24. The van der Waals surface area contributed by atoms with Gasteiger partial charge >= 0.3 is 0 Å². The smallest absolute Gasteiger partial charge is 0.0684 e. The van der Waals surface area contributed by atoms with Crippen molar-refractivity contribution in [2.75, 3.05) is 13.2 Å². The van der Waals surface area contributed by atoms with E-state index in [2.05, 4.69) is 6.07 Å². The van der Waals surface area contributed by atoms with E-state index in [1.54, 1.807) is 0 Å². The molecule has 0 N–H and O–H groups in total. The Morgan fingerprint density at radius 2 is 2.33 bits per heavy atom. The van der Waals surface area contributed by atoms with Crippen molar-refractivity contribution < 1.29 is 4.74 Å². The van der Waals surface area contributed by atoms with Crippen molar-refractivity contribution in [3.05, 3.63) is 0 Å². The first-order valence-electron chi connectivity index (χ1n) is 4.63. The second-order valence-corrected chi connectivity index (χ2v) is 4.28. The van der Waals surface area contributed by atoms with Gasteiger partial charge in [0.1, 0.15) is 0 Å². The Bertz CT molecular complexity index is 175. The van der Waals surface area contributed by atoms with Crippen molar-refractivity contribution in [1.29, 1.82) is 5.26 Å². The Morgan fingerprint density at radius 3 is 2.83 bits per heavy atom. The van der Waals surface area contributed by atoms with E-state index in [9.17, 15) is 0 Å². The fraction of sp³-hybridized carbons (Fsp3) is 0.900. The predicted molar refractivity (Wildman–Crippen MR) is 47.6 cm³/mol. The molecule has 0 unspecified atom stereocenters. The first-order valence-corrected chi connectivity index (χ1v) is 4.63. The molecule has 0 aromatic heterocycles. The third kappa shape index (κ3) is 2.83. The molecule has 0 saturated carbocycles. The van der Waals surface area contributed by atoms with E-state index in [1.165, 1.54) is 6.42 Å². The Labute approximate surface area is 74.5 Å². The molecule has 0 aliphatic carbocycles. The van der Waals surface area contributed by atoms with Gasteiger partial charge in [-0.1, -0.05) is 0 Å². The lowest BCUT2D eigenvalue weighted by atomic mass is 9.82. The molecule has 0 radical (unpaired) electrons. The van der Waals surface area contributed by atoms with Crippen molar-refractivity contribution >= 4 is 0 Å². The number of ether oxygens (including phenoxy) is 1. The largest absolute Gasteiger partial charge is 0.381 e. The van der Waals surface area contributed by atoms with Crippen LogP contribution >= 0.6 is 0 Å². The lowest BCUT2D eigenvalue weighted by Gasteiger charge is -2.26. The fourth-order valence-electron chi connectivity index (χ4n) is 1.74. The molecule has 1 heterocycles. The summed E-state index contributed by atoms with van der Waals surface area (Å²) < 4.78 is 5.36. The zero-order chi connectivity index (χ0) is 9.03. The first-order chi connectivity index (χ1) is 5.64. The van der Waals surface area contributed by atoms with Gasteiger partial charge in [0.15, 0.2) is 0 Å². The summed E-state index contributed by atoms with van der Waals surface area (Å²) in [5.74, 6) is 0.605. The number of nitrogens with zero attached hydrogens (tertiary/aromatic N) is 1. The minimum atomic E-state index is -0.175. The van der Waals surface area contributed by atoms with Crippen LogP contribution in [0.3, 0.4) is 0 Å². The fourth-order valence-corrected chi connectivity index (χ4v) is 1.74. The Morgan fingerprint density at radius 1 is 1.58 bits per heavy atom. The quantitative estimate of drug-likeness (QED) is 0.632. The monoisotopic (exact) mass is 167 g/mol. The van der Waals surface area contributed by atoms with E-state index in [4.69, 9.17) is 10.00 Å². The standard InChI is InChI=1S/C10H17NO/c1-10(2,8-11)6-9-4-3-5-12-7-9/h9H,3-7H2,1-2H3/t9-/m0/s1. The topological polar surface area (TPSA) is 33.0 Å². The zero-order valence-electron chi connectivity index (χ0n) is 7.97. The van der Waals surface area contributed by atoms with Crippen LogP contribution in [0.25, 0.3) is 0 Å². The van der Waals surface area contributed by atoms with Crippen LogP contribution in [-0.2, 0) is 4.74 Å². The lowest BCUT2D eigenvalue weighted by molar-refractivity contribution is 0.0422. The van der Waals surface area contributed by atoms with Crippen LogP contribution in [-0.4, -0.2) is 13.2 Å². The molecule has 68 valence electrons. The van der Waals surface area contributed by atoms with Gasteiger partial charge in [-0.25, -0.2) is 0 Å². The molecule has 0 amide bonds. The van der Waals surface area contributed by atoms with Crippen molar-refractivity contribution in [1.82, 2.24) is 0 Å². The second-order valence-electron chi connectivity index (χ2n) is 4.28. The molecule has 1 aliphatic rings. The Balaban J connectivity index is 2.35. The van der Waals surface area contributed by atoms with Crippen LogP contribution < -0.4 is 0 Å². The maximum absolute atomic E-state index is 8.83. The van der Waals surface area contributed by atoms with Gasteiger partial charge in [0.05, 0.1) is 11.5 Å². The molecule has 1 rings (SSSR count). The van der Waals surface area contributed by atoms with Gasteiger partial charge in [-0.05, 0) is 39.0 Å². The molecular formula is C10H17NO. The molecule has 1 aliphatic heterocycles. The van der Waals surface area contributed by atoms with Gasteiger partial charge in [-0.2, -0.15) is 5.26 Å². The van der Waals surface area contributed by atoms with Gasteiger partial charge < -0.3 is 4.74 Å². The highest BCUT2D eigenvalue weighted by atomic mass is 16.5. The van der Waals surface area contributed by atoms with Crippen molar-refractivity contribution in [3.8, 4) is 6.07 Å². The molecule has 0 aromatic rings. The third-order valence-electron chi connectivity index (χ3n) is 2.36. The van der Waals surface area contributed by atoms with Crippen LogP contribution in [0.5, 0.6) is 0 Å². The average Bonchev–Trinajstić information content (AvgIpc) is 2.06. The summed E-state index contributed by atoms with van der Waals surface area (Å²) in [7, 11) is 0. The minimum absolute atomic E-state index is 0.175. The highest BCUT2D eigenvalue weighted by Crippen LogP contribution is 2.28. The normalized spacial score (nSPS) is 24.9. The molecular weight excluding hydrogens is 150 g/mol. The molecule has 12 heavy (non-hydrogen) atoms. The minimum Gasteiger partial charge on any atom is -0.381 e. The number of hydrogen-bond donors (Lipinski definition) is 0. The molecule has 0 spiro atoms. The molecule has 0 bridgehead atoms. The second kappa shape index (κ2) is 3.91. The van der Waals surface area contributed by atoms with E-state index < -0.39 is 0 Å². The van der Waals surface area contributed by atoms with Crippen molar-refractivity contribution in [2.24, 2.45) is 11.3 Å². The van der Waals surface area contributed by atoms with Crippen LogP contribution in [0.15, 0.2) is 0 Å². The summed E-state index contributed by atoms with van der Waals surface area (Å²) in [5.41, 5.74) is -0.175. The van der Waals surface area contributed by atoms with Crippen molar-refractivity contribution in [3.63, 3.8) is 0 Å². The molecule has 0 aromatic carbocycles. The SMILES string of the molecule is CC(C)(C#N)C[C@@H]1CCCOC1. The van der Waals surface area contributed by atoms with Crippen LogP contribution in [0.4, 0.5) is 0 Å². The Kier molecular flexibility index (Phi) is 3.11. The van der Waals surface area contributed by atoms with E-state index in [1.807, 2.05) is 13.8 Å². The molecule has 1 saturated heterocycles. The van der Waals surface area contributed by atoms with E-state index in [-0.39, 0.29) is 5.41 Å². The number of hydrogen-bond acceptors (Lipinski definition) is 2. The summed E-state index contributed by atoms with van der Waals surface area (Å²) in [6.45, 7) is 5.76. The van der Waals surface area contributed by atoms with E-state index in [0.29, 0.717) is 5.92 Å². The summed E-state index contributed by atoms with van der Waals surface area (Å²) in [6, 6.07) is 2.33. The maximum atomic E-state index is 8.83. The van der Waals surface area contributed by atoms with Gasteiger partial charge in [0.2, 0.25) is 0 Å². The van der Waals surface area contributed by atoms with Gasteiger partial charge in [0.25, 0.3) is 0 Å². The van der Waals surface area contributed by atoms with Crippen LogP contribution in [0, 0.1) is 22.7 Å². The van der Waals surface area contributed by atoms with Gasteiger partial charge in [-0.15, -0.1) is 0 Å². The summed E-state index contributed by atoms with van der Waals surface area (Å²) in [4.78, 5) is 0. The first kappa shape index (κ1) is 9.54. The maximum Gasteiger partial charge on any atom is 0.0684 e. The summed E-state index contributed by atoms with van der Waals surface area (Å²) in [6.07, 6.45) is 3.36. The zero-order valence-corrected chi connectivity index (χ0v) is 7.97. The molecule has 1 fully saturated rings. The van der Waals surface area contributed by atoms with E-state index >= 15 is 0 Å². The van der Waals surface area contributed by atoms with Crippen LogP contribution in [0.1, 0.15) is 33.1 Å². The summed E-state index contributed by atoms with van der Waals surface area (Å²) >= 11 is 0. The molecule has 2 heteroatoms. The van der Waals surface area contributed by atoms with Crippen LogP contribution in [0.2, 0.25) is 0 Å². The average molecular weight is 167 g/mol. The molecule has 1 atom stereocenters. The predicted octanol–water partition coefficient (Wildman–Crippen LogP) is 2.35. The van der Waals surface area contributed by atoms with Gasteiger partial charge in [-0.3, -0.25) is 0 Å². The Hall–Kier alpha value is -0.550. The van der Waals surface area contributed by atoms with Crippen molar-refractivity contribution in [2.45, 2.75) is 33.1 Å². The molecule has 2 nitrogen and oxygen atoms in total. The van der Waals surface area contributed by atoms with Gasteiger partial charge in [0, 0.05) is 13.2 Å².